The second-order valence-corrected chi connectivity index (χ2v) is 5.58. The van der Waals surface area contributed by atoms with E-state index < -0.39 is 0 Å². The zero-order chi connectivity index (χ0) is 12.8. The molecule has 1 atom stereocenters. The molecule has 1 aliphatic heterocycles. The molecule has 0 fully saturated rings. The van der Waals surface area contributed by atoms with Crippen LogP contribution in [-0.4, -0.2) is 30.4 Å². The van der Waals surface area contributed by atoms with Crippen molar-refractivity contribution in [2.24, 2.45) is 17.6 Å². The van der Waals surface area contributed by atoms with E-state index >= 15 is 0 Å². The predicted octanol–water partition coefficient (Wildman–Crippen LogP) is 2.18. The Morgan fingerprint density at radius 1 is 1.53 bits per heavy atom. The summed E-state index contributed by atoms with van der Waals surface area (Å²) in [4.78, 5) is 14.1. The van der Waals surface area contributed by atoms with Gasteiger partial charge in [0.1, 0.15) is 0 Å². The zero-order valence-corrected chi connectivity index (χ0v) is 11.4. The molecule has 17 heavy (non-hydrogen) atoms. The summed E-state index contributed by atoms with van der Waals surface area (Å²) in [6, 6.07) is 0. The van der Waals surface area contributed by atoms with E-state index in [9.17, 15) is 4.79 Å². The van der Waals surface area contributed by atoms with Gasteiger partial charge in [0.2, 0.25) is 5.91 Å². The van der Waals surface area contributed by atoms with Crippen molar-refractivity contribution in [2.75, 3.05) is 19.6 Å². The lowest BCUT2D eigenvalue weighted by atomic mass is 9.93. The first-order valence-corrected chi connectivity index (χ1v) is 6.66. The Labute approximate surface area is 105 Å². The van der Waals surface area contributed by atoms with Gasteiger partial charge in [0, 0.05) is 19.5 Å². The van der Waals surface area contributed by atoms with Crippen molar-refractivity contribution in [3.63, 3.8) is 0 Å². The molecule has 0 aromatic rings. The molecule has 2 N–H and O–H groups in total. The smallest absolute Gasteiger partial charge is 0.223 e. The van der Waals surface area contributed by atoms with Gasteiger partial charge in [-0.3, -0.25) is 4.79 Å². The summed E-state index contributed by atoms with van der Waals surface area (Å²) < 4.78 is 0. The van der Waals surface area contributed by atoms with E-state index in [-0.39, 0.29) is 5.91 Å². The van der Waals surface area contributed by atoms with Crippen molar-refractivity contribution >= 4 is 5.91 Å². The third-order valence-electron chi connectivity index (χ3n) is 3.39. The summed E-state index contributed by atoms with van der Waals surface area (Å²) in [5.41, 5.74) is 7.13. The van der Waals surface area contributed by atoms with Crippen LogP contribution in [0, 0.1) is 11.8 Å². The largest absolute Gasteiger partial charge is 0.339 e. The van der Waals surface area contributed by atoms with Gasteiger partial charge in [-0.15, -0.1) is 0 Å². The molecule has 1 heterocycles. The first-order chi connectivity index (χ1) is 8.02. The summed E-state index contributed by atoms with van der Waals surface area (Å²) in [7, 11) is 0. The molecular formula is C14H26N2O. The maximum atomic E-state index is 12.1. The number of nitrogens with zero attached hydrogens (tertiary/aromatic N) is 1. The lowest BCUT2D eigenvalue weighted by Crippen LogP contribution is -2.36. The minimum atomic E-state index is 0.268. The summed E-state index contributed by atoms with van der Waals surface area (Å²) >= 11 is 0. The SMILES string of the molecule is CC1=CCN(C(=O)C[C@@H](CN)CC(C)C)CC1. The highest BCUT2D eigenvalue weighted by atomic mass is 16.2. The molecule has 3 heteroatoms. The summed E-state index contributed by atoms with van der Waals surface area (Å²) in [5, 5.41) is 0. The molecule has 0 saturated carbocycles. The van der Waals surface area contributed by atoms with E-state index in [1.165, 1.54) is 5.57 Å². The highest BCUT2D eigenvalue weighted by molar-refractivity contribution is 5.76. The van der Waals surface area contributed by atoms with Gasteiger partial charge in [-0.1, -0.05) is 25.5 Å². The van der Waals surface area contributed by atoms with Crippen molar-refractivity contribution < 1.29 is 4.79 Å². The Kier molecular flexibility index (Phi) is 5.69. The van der Waals surface area contributed by atoms with Gasteiger partial charge in [0.25, 0.3) is 0 Å². The van der Waals surface area contributed by atoms with Gasteiger partial charge in [-0.25, -0.2) is 0 Å². The lowest BCUT2D eigenvalue weighted by molar-refractivity contribution is -0.131. The van der Waals surface area contributed by atoms with E-state index in [0.717, 1.165) is 25.9 Å². The molecule has 0 unspecified atom stereocenters. The predicted molar refractivity (Wildman–Crippen MR) is 71.6 cm³/mol. The van der Waals surface area contributed by atoms with Crippen molar-refractivity contribution in [1.29, 1.82) is 0 Å². The molecular weight excluding hydrogens is 212 g/mol. The average Bonchev–Trinajstić information content (AvgIpc) is 2.28. The van der Waals surface area contributed by atoms with Gasteiger partial charge in [0.05, 0.1) is 0 Å². The van der Waals surface area contributed by atoms with Crippen LogP contribution in [0.5, 0.6) is 0 Å². The van der Waals surface area contributed by atoms with Crippen LogP contribution in [-0.2, 0) is 4.79 Å². The van der Waals surface area contributed by atoms with Gasteiger partial charge >= 0.3 is 0 Å². The van der Waals surface area contributed by atoms with E-state index in [1.54, 1.807) is 0 Å². The second kappa shape index (κ2) is 6.80. The van der Waals surface area contributed by atoms with Crippen LogP contribution in [0.2, 0.25) is 0 Å². The third-order valence-corrected chi connectivity index (χ3v) is 3.39. The van der Waals surface area contributed by atoms with E-state index in [0.29, 0.717) is 24.8 Å². The van der Waals surface area contributed by atoms with Crippen molar-refractivity contribution in [3.8, 4) is 0 Å². The molecule has 0 aromatic heterocycles. The molecule has 1 rings (SSSR count). The Bertz CT molecular complexity index is 284. The first kappa shape index (κ1) is 14.2. The van der Waals surface area contributed by atoms with Crippen molar-refractivity contribution in [2.45, 2.75) is 40.0 Å². The number of carbonyl (C=O) groups is 1. The van der Waals surface area contributed by atoms with Crippen molar-refractivity contribution in [1.82, 2.24) is 4.90 Å². The Morgan fingerprint density at radius 2 is 2.24 bits per heavy atom. The molecule has 1 aliphatic rings. The number of amides is 1. The number of carbonyl (C=O) groups excluding carboxylic acids is 1. The monoisotopic (exact) mass is 238 g/mol. The van der Waals surface area contributed by atoms with Gasteiger partial charge in [0.15, 0.2) is 0 Å². The topological polar surface area (TPSA) is 46.3 Å². The molecule has 0 bridgehead atoms. The van der Waals surface area contributed by atoms with Crippen molar-refractivity contribution in [3.05, 3.63) is 11.6 Å². The molecule has 3 nitrogen and oxygen atoms in total. The van der Waals surface area contributed by atoms with Gasteiger partial charge < -0.3 is 10.6 Å². The molecule has 98 valence electrons. The van der Waals surface area contributed by atoms with Crippen LogP contribution in [0.15, 0.2) is 11.6 Å². The highest BCUT2D eigenvalue weighted by Crippen LogP contribution is 2.17. The molecule has 0 radical (unpaired) electrons. The van der Waals surface area contributed by atoms with E-state index in [2.05, 4.69) is 26.8 Å². The normalized spacial score (nSPS) is 18.2. The van der Waals surface area contributed by atoms with Crippen LogP contribution < -0.4 is 5.73 Å². The van der Waals surface area contributed by atoms with Crippen LogP contribution in [0.4, 0.5) is 0 Å². The standard InChI is InChI=1S/C14H26N2O/c1-11(2)8-13(10-15)9-14(17)16-6-4-12(3)5-7-16/h4,11,13H,5-10,15H2,1-3H3/t13-/m0/s1. The fourth-order valence-corrected chi connectivity index (χ4v) is 2.30. The van der Waals surface area contributed by atoms with Crippen LogP contribution in [0.25, 0.3) is 0 Å². The maximum absolute atomic E-state index is 12.1. The summed E-state index contributed by atoms with van der Waals surface area (Å²) in [6.45, 7) is 8.76. The Balaban J connectivity index is 2.42. The number of hydrogen-bond donors (Lipinski definition) is 1. The average molecular weight is 238 g/mol. The Hall–Kier alpha value is -0.830. The van der Waals surface area contributed by atoms with Crippen LogP contribution in [0.3, 0.4) is 0 Å². The number of rotatable bonds is 5. The van der Waals surface area contributed by atoms with Crippen LogP contribution in [0.1, 0.15) is 40.0 Å². The highest BCUT2D eigenvalue weighted by Gasteiger charge is 2.20. The molecule has 0 aliphatic carbocycles. The molecule has 0 saturated heterocycles. The molecule has 0 spiro atoms. The van der Waals surface area contributed by atoms with E-state index in [1.807, 2.05) is 4.90 Å². The van der Waals surface area contributed by atoms with Gasteiger partial charge in [-0.2, -0.15) is 0 Å². The zero-order valence-electron chi connectivity index (χ0n) is 11.4. The third kappa shape index (κ3) is 4.90. The van der Waals surface area contributed by atoms with E-state index in [4.69, 9.17) is 5.73 Å². The fourth-order valence-electron chi connectivity index (χ4n) is 2.30. The summed E-state index contributed by atoms with van der Waals surface area (Å²) in [5.74, 6) is 1.22. The minimum Gasteiger partial charge on any atom is -0.339 e. The Morgan fingerprint density at radius 3 is 2.71 bits per heavy atom. The fraction of sp³-hybridized carbons (Fsp3) is 0.786. The quantitative estimate of drug-likeness (QED) is 0.746. The first-order valence-electron chi connectivity index (χ1n) is 6.66. The van der Waals surface area contributed by atoms with Crippen LogP contribution >= 0.6 is 0 Å². The maximum Gasteiger partial charge on any atom is 0.223 e. The lowest BCUT2D eigenvalue weighted by Gasteiger charge is -2.27. The number of hydrogen-bond acceptors (Lipinski definition) is 2. The minimum absolute atomic E-state index is 0.268. The summed E-state index contributed by atoms with van der Waals surface area (Å²) in [6.07, 6.45) is 4.83. The number of nitrogens with two attached hydrogens (primary N) is 1. The second-order valence-electron chi connectivity index (χ2n) is 5.58. The van der Waals surface area contributed by atoms with Gasteiger partial charge in [-0.05, 0) is 38.1 Å². The molecule has 1 amide bonds. The molecule has 0 aromatic carbocycles.